The highest BCUT2D eigenvalue weighted by molar-refractivity contribution is 7.86. The van der Waals surface area contributed by atoms with Crippen molar-refractivity contribution < 1.29 is 44.3 Å². The smallest absolute Gasteiger partial charge is 0.485 e. The molecule has 1 N–H and O–H groups in total. The maximum absolute atomic E-state index is 12.1. The number of halogens is 6. The Morgan fingerprint density at radius 2 is 1.58 bits per heavy atom. The van der Waals surface area contributed by atoms with Gasteiger partial charge in [-0.1, -0.05) is 0 Å². The van der Waals surface area contributed by atoms with Crippen LogP contribution in [0.15, 0.2) is 12.3 Å². The second-order valence-corrected chi connectivity index (χ2v) is 4.87. The summed E-state index contributed by atoms with van der Waals surface area (Å²) in [6.45, 7) is 0. The van der Waals surface area contributed by atoms with Gasteiger partial charge in [0.05, 0.1) is 7.05 Å². The fraction of sp³-hybridized carbons (Fsp3) is 0.714. The summed E-state index contributed by atoms with van der Waals surface area (Å²) in [7, 11) is -3.00. The van der Waals surface area contributed by atoms with Crippen LogP contribution in [0.3, 0.4) is 0 Å². The van der Waals surface area contributed by atoms with Crippen LogP contribution in [0, 0.1) is 0 Å². The summed E-state index contributed by atoms with van der Waals surface area (Å²) >= 11 is 0. The van der Waals surface area contributed by atoms with Gasteiger partial charge in [0.25, 0.3) is 0 Å². The number of nitrogens with one attached hydrogen (secondary N) is 1. The maximum Gasteiger partial charge on any atom is 0.485 e. The number of hydrogen-bond donors (Lipinski definition) is 1. The minimum Gasteiger partial charge on any atom is -0.741 e. The van der Waals surface area contributed by atoms with E-state index in [9.17, 15) is 26.3 Å². The molecule has 0 aromatic heterocycles. The molecule has 2 unspecified atom stereocenters. The molecule has 114 valence electrons. The third-order valence-electron chi connectivity index (χ3n) is 2.11. The third-order valence-corrected chi connectivity index (χ3v) is 2.68. The van der Waals surface area contributed by atoms with Crippen molar-refractivity contribution in [1.82, 2.24) is 5.01 Å². The van der Waals surface area contributed by atoms with Crippen LogP contribution in [0.2, 0.25) is 0 Å². The Kier molecular flexibility index (Phi) is 5.39. The quantitative estimate of drug-likeness (QED) is 0.384. The lowest BCUT2D eigenvalue weighted by Crippen LogP contribution is -3.10. The minimum atomic E-state index is -6.09. The van der Waals surface area contributed by atoms with Gasteiger partial charge in [-0.2, -0.15) is 26.3 Å². The lowest BCUT2D eigenvalue weighted by molar-refractivity contribution is -0.947. The van der Waals surface area contributed by atoms with E-state index < -0.39 is 27.8 Å². The van der Waals surface area contributed by atoms with E-state index in [0.29, 0.717) is 5.01 Å². The van der Waals surface area contributed by atoms with Crippen molar-refractivity contribution in [3.05, 3.63) is 12.3 Å². The number of nitrogens with zero attached hydrogens (tertiary/aromatic N) is 1. The first-order chi connectivity index (χ1) is 8.18. The molecular weight excluding hydrogens is 306 g/mol. The number of alkyl halides is 6. The van der Waals surface area contributed by atoms with E-state index in [4.69, 9.17) is 13.0 Å². The van der Waals surface area contributed by atoms with Crippen LogP contribution in [0.25, 0.3) is 0 Å². The largest absolute Gasteiger partial charge is 0.741 e. The van der Waals surface area contributed by atoms with Crippen molar-refractivity contribution in [2.75, 3.05) is 14.1 Å². The normalized spacial score (nSPS) is 25.1. The van der Waals surface area contributed by atoms with Crippen molar-refractivity contribution in [3.63, 3.8) is 0 Å². The van der Waals surface area contributed by atoms with E-state index in [0.717, 1.165) is 6.08 Å². The molecule has 1 rings (SSSR count). The van der Waals surface area contributed by atoms with Crippen LogP contribution in [-0.4, -0.2) is 49.8 Å². The second kappa shape index (κ2) is 5.64. The highest BCUT2D eigenvalue weighted by Crippen LogP contribution is 2.24. The molecule has 0 saturated heterocycles. The fourth-order valence-corrected chi connectivity index (χ4v) is 1.03. The van der Waals surface area contributed by atoms with Gasteiger partial charge in [0.1, 0.15) is 6.20 Å². The Morgan fingerprint density at radius 3 is 1.68 bits per heavy atom. The highest BCUT2D eigenvalue weighted by atomic mass is 32.2. The molecule has 12 heteroatoms. The molecule has 0 aromatic carbocycles. The molecule has 0 amide bonds. The average Bonchev–Trinajstić information content (AvgIpc) is 2.43. The summed E-state index contributed by atoms with van der Waals surface area (Å²) in [5, 5.41) is 1.85. The van der Waals surface area contributed by atoms with Gasteiger partial charge in [0, 0.05) is 13.1 Å². The average molecular weight is 316 g/mol. The molecule has 0 bridgehead atoms. The van der Waals surface area contributed by atoms with E-state index >= 15 is 0 Å². The van der Waals surface area contributed by atoms with Crippen LogP contribution in [0.4, 0.5) is 26.3 Å². The van der Waals surface area contributed by atoms with E-state index in [-0.39, 0.29) is 0 Å². The van der Waals surface area contributed by atoms with Crippen LogP contribution < -0.4 is 5.01 Å². The van der Waals surface area contributed by atoms with Crippen molar-refractivity contribution in [2.45, 2.75) is 17.7 Å². The second-order valence-electron chi connectivity index (χ2n) is 3.50. The van der Waals surface area contributed by atoms with Gasteiger partial charge in [0.2, 0.25) is 0 Å². The van der Waals surface area contributed by atoms with E-state index in [1.165, 1.54) is 18.3 Å². The topological polar surface area (TPSA) is 64.9 Å². The highest BCUT2D eigenvalue weighted by Gasteiger charge is 2.46. The summed E-state index contributed by atoms with van der Waals surface area (Å²) in [5.74, 6) is 0. The van der Waals surface area contributed by atoms with Gasteiger partial charge < -0.3 is 4.55 Å². The predicted octanol–water partition coefficient (Wildman–Crippen LogP) is -0.142. The number of likely N-dealkylation sites (N-methyl/N-ethyl adjacent to an activating group) is 1. The van der Waals surface area contributed by atoms with Crippen molar-refractivity contribution >= 4 is 10.1 Å². The van der Waals surface area contributed by atoms with Crippen LogP contribution >= 0.6 is 0 Å². The van der Waals surface area contributed by atoms with Crippen LogP contribution in [0.5, 0.6) is 0 Å². The zero-order valence-electron chi connectivity index (χ0n) is 9.58. The lowest BCUT2D eigenvalue weighted by atomic mass is 10.3. The zero-order chi connectivity index (χ0) is 15.6. The summed E-state index contributed by atoms with van der Waals surface area (Å²) in [4.78, 5) is 0. The molecule has 19 heavy (non-hydrogen) atoms. The van der Waals surface area contributed by atoms with Gasteiger partial charge in [0.15, 0.2) is 16.2 Å². The Hall–Kier alpha value is -0.850. The Labute approximate surface area is 104 Å². The first-order valence-corrected chi connectivity index (χ1v) is 5.92. The maximum atomic E-state index is 12.1. The molecule has 1 heterocycles. The molecule has 0 fully saturated rings. The summed E-state index contributed by atoms with van der Waals surface area (Å²) < 4.78 is 95.1. The Balaban J connectivity index is 0.000000362. The molecule has 2 atom stereocenters. The summed E-state index contributed by atoms with van der Waals surface area (Å²) in [6, 6.07) is -1.43. The molecular formula is C7H10F6N2O3S. The lowest BCUT2D eigenvalue weighted by Gasteiger charge is -2.22. The third kappa shape index (κ3) is 5.34. The van der Waals surface area contributed by atoms with Gasteiger partial charge in [-0.25, -0.2) is 13.4 Å². The van der Waals surface area contributed by atoms with Gasteiger partial charge in [-0.3, -0.25) is 0 Å². The van der Waals surface area contributed by atoms with Crippen molar-refractivity contribution in [2.24, 2.45) is 0 Å². The van der Waals surface area contributed by atoms with Gasteiger partial charge >= 0.3 is 11.7 Å². The molecule has 0 aromatic rings. The van der Waals surface area contributed by atoms with Crippen molar-refractivity contribution in [1.29, 1.82) is 0 Å². The van der Waals surface area contributed by atoms with Crippen LogP contribution in [0.1, 0.15) is 0 Å². The fourth-order valence-electron chi connectivity index (χ4n) is 1.03. The molecule has 1 aliphatic rings. The number of rotatable bonds is 0. The molecule has 5 nitrogen and oxygen atoms in total. The Morgan fingerprint density at radius 1 is 1.21 bits per heavy atom. The summed E-state index contributed by atoms with van der Waals surface area (Å²) in [6.07, 6.45) is -1.50. The standard InChI is InChI=1S/C6H9F3N2.CHF3O3S/c1-10-4-3-5(11(10)2)6(7,8)9;2-1(3,4)8(5,6)7/h3-5H,1-2H3;(H,5,6,7). The van der Waals surface area contributed by atoms with Gasteiger partial charge in [-0.05, 0) is 0 Å². The molecule has 0 aliphatic carbocycles. The molecule has 0 saturated carbocycles. The minimum absolute atomic E-state index is 0.646. The van der Waals surface area contributed by atoms with E-state index in [1.807, 2.05) is 0 Å². The Bertz CT molecular complexity index is 429. The number of quaternary nitrogens is 1. The summed E-state index contributed by atoms with van der Waals surface area (Å²) in [5.41, 5.74) is -5.65. The number of hydrogen-bond acceptors (Lipinski definition) is 4. The first kappa shape index (κ1) is 18.1. The SMILES string of the molecule is CN1C(C(F)(F)F)C=C[NH+]1C.O=S(=O)([O-])C(F)(F)F. The zero-order valence-corrected chi connectivity index (χ0v) is 10.4. The van der Waals surface area contributed by atoms with Crippen molar-refractivity contribution in [3.8, 4) is 0 Å². The molecule has 0 radical (unpaired) electrons. The van der Waals surface area contributed by atoms with E-state index in [2.05, 4.69) is 0 Å². The van der Waals surface area contributed by atoms with Gasteiger partial charge in [-0.15, -0.1) is 5.01 Å². The van der Waals surface area contributed by atoms with Crippen LogP contribution in [-0.2, 0) is 10.1 Å². The monoisotopic (exact) mass is 316 g/mol. The van der Waals surface area contributed by atoms with E-state index in [1.54, 1.807) is 7.05 Å². The predicted molar refractivity (Wildman–Crippen MR) is 49.4 cm³/mol. The molecule has 1 aliphatic heterocycles. The molecule has 0 spiro atoms. The first-order valence-electron chi connectivity index (χ1n) is 4.51.